The molecule has 0 aromatic carbocycles. The Morgan fingerprint density at radius 2 is 2.08 bits per heavy atom. The van der Waals surface area contributed by atoms with Crippen molar-refractivity contribution in [1.29, 1.82) is 0 Å². The van der Waals surface area contributed by atoms with Gasteiger partial charge in [-0.05, 0) is 12.2 Å². The molecule has 0 rings (SSSR count). The lowest BCUT2D eigenvalue weighted by Crippen LogP contribution is -2.23. The van der Waals surface area contributed by atoms with Crippen LogP contribution in [0.1, 0.15) is 13.3 Å². The molecule has 0 aliphatic heterocycles. The van der Waals surface area contributed by atoms with Gasteiger partial charge in [0.25, 0.3) is 0 Å². The van der Waals surface area contributed by atoms with E-state index in [-0.39, 0.29) is 5.91 Å². The molecule has 2 heteroatoms. The summed E-state index contributed by atoms with van der Waals surface area (Å²) < 4.78 is 0. The number of carbonyl (C=O) groups excluding carboxylic acids is 1. The largest absolute Gasteiger partial charge is 0.316 e. The molecule has 0 atom stereocenters. The molecule has 0 unspecified atom stereocenters. The molecule has 0 saturated heterocycles. The smallest absolute Gasteiger partial charge is 0.226 e. The number of rotatable bonds is 4. The van der Waals surface area contributed by atoms with E-state index in [9.17, 15) is 4.79 Å². The third kappa shape index (κ3) is 2.74. The molecule has 0 bridgehead atoms. The molecular formula is C10H15NO. The first-order valence-electron chi connectivity index (χ1n) is 3.89. The van der Waals surface area contributed by atoms with E-state index in [0.717, 1.165) is 5.70 Å². The van der Waals surface area contributed by atoms with Gasteiger partial charge < -0.3 is 4.90 Å². The van der Waals surface area contributed by atoms with Crippen molar-refractivity contribution in [2.24, 2.45) is 0 Å². The number of hydrogen-bond acceptors (Lipinski definition) is 1. The van der Waals surface area contributed by atoms with Crippen molar-refractivity contribution in [1.82, 2.24) is 4.90 Å². The molecule has 0 N–H and O–H groups in total. The minimum Gasteiger partial charge on any atom is -0.316 e. The van der Waals surface area contributed by atoms with E-state index in [0.29, 0.717) is 6.42 Å². The average molecular weight is 165 g/mol. The Morgan fingerprint density at radius 3 is 2.42 bits per heavy atom. The Kier molecular flexibility index (Phi) is 4.77. The second-order valence-electron chi connectivity index (χ2n) is 2.34. The van der Waals surface area contributed by atoms with Gasteiger partial charge >= 0.3 is 0 Å². The summed E-state index contributed by atoms with van der Waals surface area (Å²) in [5.41, 5.74) is 0.775. The Labute approximate surface area is 73.9 Å². The fourth-order valence-electron chi connectivity index (χ4n) is 0.819. The topological polar surface area (TPSA) is 20.3 Å². The maximum absolute atomic E-state index is 11.2. The number of likely N-dealkylation sites (N-methyl/N-ethyl adjacent to an activating group) is 1. The van der Waals surface area contributed by atoms with Crippen LogP contribution < -0.4 is 0 Å². The molecule has 0 fully saturated rings. The maximum atomic E-state index is 11.2. The Bertz CT molecular complexity index is 216. The molecule has 0 aromatic rings. The second-order valence-corrected chi connectivity index (χ2v) is 2.34. The van der Waals surface area contributed by atoms with Gasteiger partial charge in [-0.2, -0.15) is 0 Å². The van der Waals surface area contributed by atoms with Crippen LogP contribution >= 0.6 is 0 Å². The summed E-state index contributed by atoms with van der Waals surface area (Å²) in [5.74, 6) is 0.0722. The molecule has 0 spiro atoms. The van der Waals surface area contributed by atoms with E-state index >= 15 is 0 Å². The zero-order valence-corrected chi connectivity index (χ0v) is 7.71. The third-order valence-electron chi connectivity index (χ3n) is 1.56. The van der Waals surface area contributed by atoms with Crippen molar-refractivity contribution in [3.8, 4) is 0 Å². The van der Waals surface area contributed by atoms with E-state index in [1.807, 2.05) is 6.92 Å². The van der Waals surface area contributed by atoms with Crippen LogP contribution in [0.4, 0.5) is 0 Å². The molecule has 1 amide bonds. The lowest BCUT2D eigenvalue weighted by molar-refractivity contribution is -0.127. The fourth-order valence-corrected chi connectivity index (χ4v) is 0.819. The lowest BCUT2D eigenvalue weighted by Gasteiger charge is -2.16. The van der Waals surface area contributed by atoms with E-state index in [1.54, 1.807) is 30.2 Å². The van der Waals surface area contributed by atoms with Gasteiger partial charge in [-0.1, -0.05) is 26.2 Å². The van der Waals surface area contributed by atoms with Gasteiger partial charge in [0, 0.05) is 19.2 Å². The number of amides is 1. The highest BCUT2D eigenvalue weighted by atomic mass is 16.2. The summed E-state index contributed by atoms with van der Waals surface area (Å²) >= 11 is 0. The van der Waals surface area contributed by atoms with Crippen LogP contribution in [0.25, 0.3) is 0 Å². The molecule has 0 radical (unpaired) electrons. The summed E-state index contributed by atoms with van der Waals surface area (Å²) in [6.07, 6.45) is 5.52. The van der Waals surface area contributed by atoms with Crippen LogP contribution in [0.15, 0.2) is 37.1 Å². The van der Waals surface area contributed by atoms with Crippen LogP contribution in [0.5, 0.6) is 0 Å². The normalized spacial score (nSPS) is 10.7. The van der Waals surface area contributed by atoms with Gasteiger partial charge in [-0.3, -0.25) is 4.79 Å². The van der Waals surface area contributed by atoms with Crippen LogP contribution in [0, 0.1) is 0 Å². The van der Waals surface area contributed by atoms with Crippen molar-refractivity contribution in [2.75, 3.05) is 7.05 Å². The minimum atomic E-state index is 0.0722. The van der Waals surface area contributed by atoms with Crippen molar-refractivity contribution >= 4 is 5.91 Å². The van der Waals surface area contributed by atoms with Gasteiger partial charge in [-0.15, -0.1) is 0 Å². The fraction of sp³-hybridized carbons (Fsp3) is 0.300. The van der Waals surface area contributed by atoms with Gasteiger partial charge in [0.05, 0.1) is 0 Å². The van der Waals surface area contributed by atoms with Crippen LogP contribution in [0.2, 0.25) is 0 Å². The van der Waals surface area contributed by atoms with E-state index in [1.165, 1.54) is 0 Å². The first kappa shape index (κ1) is 10.7. The van der Waals surface area contributed by atoms with Crippen LogP contribution in [-0.4, -0.2) is 17.9 Å². The molecule has 0 aromatic heterocycles. The highest BCUT2D eigenvalue weighted by Gasteiger charge is 2.06. The SMILES string of the molecule is C=C/C=C(\C=C)N(C)C(=O)CC. The Balaban J connectivity index is 4.51. The van der Waals surface area contributed by atoms with Crippen LogP contribution in [0.3, 0.4) is 0 Å². The summed E-state index contributed by atoms with van der Waals surface area (Å²) in [6.45, 7) is 8.99. The molecule has 0 heterocycles. The zero-order chi connectivity index (χ0) is 9.56. The first-order chi connectivity index (χ1) is 5.67. The summed E-state index contributed by atoms with van der Waals surface area (Å²) in [5, 5.41) is 0. The molecule has 12 heavy (non-hydrogen) atoms. The van der Waals surface area contributed by atoms with Gasteiger partial charge in [0.1, 0.15) is 0 Å². The van der Waals surface area contributed by atoms with Gasteiger partial charge in [0.15, 0.2) is 0 Å². The summed E-state index contributed by atoms with van der Waals surface area (Å²) in [4.78, 5) is 12.8. The maximum Gasteiger partial charge on any atom is 0.226 e. The number of hydrogen-bond donors (Lipinski definition) is 0. The number of carbonyl (C=O) groups is 1. The molecule has 0 saturated carbocycles. The first-order valence-corrected chi connectivity index (χ1v) is 3.89. The predicted molar refractivity (Wildman–Crippen MR) is 51.5 cm³/mol. The standard InChI is InChI=1S/C10H15NO/c1-5-8-9(6-2)11(4)10(12)7-3/h5-6,8H,1-2,7H2,3-4H3/b9-8+. The van der Waals surface area contributed by atoms with E-state index in [4.69, 9.17) is 0 Å². The average Bonchev–Trinajstić information content (AvgIpc) is 2.11. The predicted octanol–water partition coefficient (Wildman–Crippen LogP) is 2.11. The van der Waals surface area contributed by atoms with Crippen molar-refractivity contribution in [3.63, 3.8) is 0 Å². The molecule has 66 valence electrons. The number of allylic oxidation sites excluding steroid dienone is 3. The quantitative estimate of drug-likeness (QED) is 0.584. The molecule has 0 aliphatic carbocycles. The highest BCUT2D eigenvalue weighted by molar-refractivity contribution is 5.77. The monoisotopic (exact) mass is 165 g/mol. The zero-order valence-electron chi connectivity index (χ0n) is 7.71. The second kappa shape index (κ2) is 5.35. The molecule has 2 nitrogen and oxygen atoms in total. The third-order valence-corrected chi connectivity index (χ3v) is 1.56. The Morgan fingerprint density at radius 1 is 1.50 bits per heavy atom. The van der Waals surface area contributed by atoms with Crippen molar-refractivity contribution < 1.29 is 4.79 Å². The Hall–Kier alpha value is -1.31. The van der Waals surface area contributed by atoms with E-state index in [2.05, 4.69) is 13.2 Å². The van der Waals surface area contributed by atoms with E-state index < -0.39 is 0 Å². The minimum absolute atomic E-state index is 0.0722. The summed E-state index contributed by atoms with van der Waals surface area (Å²) in [7, 11) is 1.73. The summed E-state index contributed by atoms with van der Waals surface area (Å²) in [6, 6.07) is 0. The molecular weight excluding hydrogens is 150 g/mol. The highest BCUT2D eigenvalue weighted by Crippen LogP contribution is 2.04. The van der Waals surface area contributed by atoms with Gasteiger partial charge in [-0.25, -0.2) is 0 Å². The van der Waals surface area contributed by atoms with Crippen molar-refractivity contribution in [3.05, 3.63) is 37.1 Å². The van der Waals surface area contributed by atoms with Crippen molar-refractivity contribution in [2.45, 2.75) is 13.3 Å². The number of nitrogens with zero attached hydrogens (tertiary/aromatic N) is 1. The molecule has 0 aliphatic rings. The lowest BCUT2D eigenvalue weighted by atomic mass is 10.3. The van der Waals surface area contributed by atoms with Gasteiger partial charge in [0.2, 0.25) is 5.91 Å². The van der Waals surface area contributed by atoms with Crippen LogP contribution in [-0.2, 0) is 4.79 Å².